The van der Waals surface area contributed by atoms with E-state index in [1.807, 2.05) is 54.6 Å². The number of ether oxygens (including phenoxy) is 1. The normalized spacial score (nSPS) is 12.6. The summed E-state index contributed by atoms with van der Waals surface area (Å²) in [6, 6.07) is 17.6. The summed E-state index contributed by atoms with van der Waals surface area (Å²) in [5, 5.41) is 8.31. The Morgan fingerprint density at radius 3 is 2.52 bits per heavy atom. The quantitative estimate of drug-likeness (QED) is 0.435. The summed E-state index contributed by atoms with van der Waals surface area (Å²) in [5.74, 6) is -0.685. The molecule has 0 saturated carbocycles. The van der Waals surface area contributed by atoms with Crippen LogP contribution in [0.2, 0.25) is 0 Å². The summed E-state index contributed by atoms with van der Waals surface area (Å²) in [4.78, 5) is 29.3. The Bertz CT molecular complexity index is 1020. The number of benzene rings is 2. The molecule has 2 aromatic carbocycles. The van der Waals surface area contributed by atoms with Gasteiger partial charge in [0.1, 0.15) is 0 Å². The maximum Gasteiger partial charge on any atom is 0.358 e. The maximum absolute atomic E-state index is 12.6. The van der Waals surface area contributed by atoms with Crippen LogP contribution in [0.5, 0.6) is 0 Å². The van der Waals surface area contributed by atoms with Crippen molar-refractivity contribution in [2.45, 2.75) is 45.8 Å². The van der Waals surface area contributed by atoms with Crippen LogP contribution in [0, 0.1) is 0 Å². The van der Waals surface area contributed by atoms with Gasteiger partial charge in [-0.1, -0.05) is 62.4 Å². The number of carbonyl (C=O) groups is 2. The number of anilines is 2. The first-order valence-electron chi connectivity index (χ1n) is 10.3. The first-order chi connectivity index (χ1) is 15.0. The third-order valence-corrected chi connectivity index (χ3v) is 5.81. The zero-order chi connectivity index (χ0) is 22.2. The molecule has 0 unspecified atom stereocenters. The van der Waals surface area contributed by atoms with Gasteiger partial charge in [-0.05, 0) is 36.5 Å². The summed E-state index contributed by atoms with van der Waals surface area (Å²) in [7, 11) is 0. The second kappa shape index (κ2) is 10.7. The van der Waals surface area contributed by atoms with Gasteiger partial charge in [-0.2, -0.15) is 0 Å². The topological polar surface area (TPSA) is 80.3 Å². The van der Waals surface area contributed by atoms with Crippen LogP contribution in [-0.4, -0.2) is 23.0 Å². The number of thiazole rings is 1. The zero-order valence-electron chi connectivity index (χ0n) is 17.9. The van der Waals surface area contributed by atoms with E-state index >= 15 is 0 Å². The highest BCUT2D eigenvalue weighted by atomic mass is 32.1. The average molecular weight is 438 g/mol. The molecule has 3 aromatic rings. The fraction of sp³-hybridized carbons (Fsp3) is 0.292. The van der Waals surface area contributed by atoms with Gasteiger partial charge < -0.3 is 15.4 Å². The number of hydrogen-bond acceptors (Lipinski definition) is 6. The van der Waals surface area contributed by atoms with E-state index in [9.17, 15) is 9.59 Å². The number of para-hydroxylation sites is 1. The zero-order valence-corrected chi connectivity index (χ0v) is 18.7. The van der Waals surface area contributed by atoms with Crippen LogP contribution >= 0.6 is 11.3 Å². The number of nitrogens with zero attached hydrogens (tertiary/aromatic N) is 1. The first-order valence-corrected chi connectivity index (χ1v) is 11.2. The molecule has 0 bridgehead atoms. The molecule has 0 spiro atoms. The lowest BCUT2D eigenvalue weighted by molar-refractivity contribution is -0.123. The van der Waals surface area contributed by atoms with E-state index in [4.69, 9.17) is 4.74 Å². The third kappa shape index (κ3) is 6.15. The van der Waals surface area contributed by atoms with E-state index < -0.39 is 12.1 Å². The van der Waals surface area contributed by atoms with Crippen molar-refractivity contribution in [3.63, 3.8) is 0 Å². The number of esters is 1. The van der Waals surface area contributed by atoms with Gasteiger partial charge in [0, 0.05) is 17.6 Å². The van der Waals surface area contributed by atoms with Gasteiger partial charge in [-0.15, -0.1) is 11.3 Å². The van der Waals surface area contributed by atoms with Crippen LogP contribution in [0.25, 0.3) is 0 Å². The number of carbonyl (C=O) groups excluding carboxylic acids is 2. The molecule has 7 heteroatoms. The predicted molar refractivity (Wildman–Crippen MR) is 125 cm³/mol. The maximum atomic E-state index is 12.6. The lowest BCUT2D eigenvalue weighted by atomic mass is 9.97. The van der Waals surface area contributed by atoms with Crippen molar-refractivity contribution in [1.29, 1.82) is 0 Å². The number of hydrogen-bond donors (Lipinski definition) is 2. The highest BCUT2D eigenvalue weighted by Crippen LogP contribution is 2.26. The monoisotopic (exact) mass is 437 g/mol. The van der Waals surface area contributed by atoms with Crippen molar-refractivity contribution in [2.24, 2.45) is 0 Å². The van der Waals surface area contributed by atoms with Crippen LogP contribution in [0.15, 0.2) is 60.0 Å². The summed E-state index contributed by atoms with van der Waals surface area (Å²) in [6.07, 6.45) is 0.0157. The lowest BCUT2D eigenvalue weighted by Crippen LogP contribution is -2.30. The highest BCUT2D eigenvalue weighted by Gasteiger charge is 2.22. The number of rotatable bonds is 9. The average Bonchev–Trinajstić information content (AvgIpc) is 3.27. The summed E-state index contributed by atoms with van der Waals surface area (Å²) >= 11 is 1.32. The molecule has 1 amide bonds. The summed E-state index contributed by atoms with van der Waals surface area (Å²) < 4.78 is 5.34. The van der Waals surface area contributed by atoms with Gasteiger partial charge in [-0.25, -0.2) is 9.78 Å². The Labute approximate surface area is 186 Å². The second-order valence-electron chi connectivity index (χ2n) is 7.31. The fourth-order valence-corrected chi connectivity index (χ4v) is 3.67. The molecule has 0 fully saturated rings. The van der Waals surface area contributed by atoms with Crippen molar-refractivity contribution in [3.8, 4) is 0 Å². The molecule has 2 N–H and O–H groups in total. The van der Waals surface area contributed by atoms with Gasteiger partial charge in [0.05, 0.1) is 0 Å². The molecule has 6 nitrogen and oxygen atoms in total. The SMILES string of the molecule is CC[C@H](C)c1ccccc1NC(=O)[C@H](C)OC(=O)c1csc(NCc2ccccc2)n1. The molecule has 31 heavy (non-hydrogen) atoms. The van der Waals surface area contributed by atoms with E-state index in [1.165, 1.54) is 11.3 Å². The van der Waals surface area contributed by atoms with Crippen molar-refractivity contribution in [3.05, 3.63) is 76.8 Å². The van der Waals surface area contributed by atoms with Crippen molar-refractivity contribution < 1.29 is 14.3 Å². The van der Waals surface area contributed by atoms with E-state index in [2.05, 4.69) is 29.5 Å². The second-order valence-corrected chi connectivity index (χ2v) is 8.17. The number of nitrogens with one attached hydrogen (secondary N) is 2. The molecular formula is C24H27N3O3S. The van der Waals surface area contributed by atoms with E-state index in [1.54, 1.807) is 12.3 Å². The predicted octanol–water partition coefficient (Wildman–Crippen LogP) is 5.45. The third-order valence-electron chi connectivity index (χ3n) is 5.01. The Morgan fingerprint density at radius 1 is 1.06 bits per heavy atom. The van der Waals surface area contributed by atoms with Crippen molar-refractivity contribution >= 4 is 34.0 Å². The van der Waals surface area contributed by atoms with E-state index in [-0.39, 0.29) is 11.6 Å². The first kappa shape index (κ1) is 22.5. The van der Waals surface area contributed by atoms with Gasteiger partial charge in [0.2, 0.25) is 0 Å². The molecule has 0 aliphatic heterocycles. The lowest BCUT2D eigenvalue weighted by Gasteiger charge is -2.18. The number of aromatic nitrogens is 1. The Hall–Kier alpha value is -3.19. The van der Waals surface area contributed by atoms with Crippen LogP contribution in [0.3, 0.4) is 0 Å². The van der Waals surface area contributed by atoms with E-state index in [0.717, 1.165) is 23.2 Å². The van der Waals surface area contributed by atoms with Crippen LogP contribution < -0.4 is 10.6 Å². The Morgan fingerprint density at radius 2 is 1.77 bits per heavy atom. The van der Waals surface area contributed by atoms with Gasteiger partial charge in [0.15, 0.2) is 16.9 Å². The molecule has 0 aliphatic rings. The van der Waals surface area contributed by atoms with Crippen LogP contribution in [0.1, 0.15) is 54.7 Å². The molecule has 162 valence electrons. The molecule has 2 atom stereocenters. The Balaban J connectivity index is 1.56. The van der Waals surface area contributed by atoms with E-state index in [0.29, 0.717) is 17.6 Å². The Kier molecular flexibility index (Phi) is 7.78. The largest absolute Gasteiger partial charge is 0.448 e. The highest BCUT2D eigenvalue weighted by molar-refractivity contribution is 7.13. The van der Waals surface area contributed by atoms with Crippen LogP contribution in [0.4, 0.5) is 10.8 Å². The number of amides is 1. The molecule has 1 aromatic heterocycles. The van der Waals surface area contributed by atoms with Gasteiger partial charge in [-0.3, -0.25) is 4.79 Å². The molecule has 0 saturated heterocycles. The molecule has 0 radical (unpaired) electrons. The van der Waals surface area contributed by atoms with Crippen molar-refractivity contribution in [1.82, 2.24) is 4.98 Å². The van der Waals surface area contributed by atoms with Gasteiger partial charge in [0.25, 0.3) is 5.91 Å². The fourth-order valence-electron chi connectivity index (χ4n) is 2.99. The molecule has 1 heterocycles. The standard InChI is InChI=1S/C24H27N3O3S/c1-4-16(2)19-12-8-9-13-20(19)26-22(28)17(3)30-23(29)21-15-31-24(27-21)25-14-18-10-6-5-7-11-18/h5-13,15-17H,4,14H2,1-3H3,(H,25,27)(H,26,28)/t16-,17-/m0/s1. The summed E-state index contributed by atoms with van der Waals surface area (Å²) in [6.45, 7) is 6.38. The minimum Gasteiger partial charge on any atom is -0.448 e. The minimum absolute atomic E-state index is 0.181. The van der Waals surface area contributed by atoms with Gasteiger partial charge >= 0.3 is 5.97 Å². The molecular weight excluding hydrogens is 410 g/mol. The van der Waals surface area contributed by atoms with Crippen molar-refractivity contribution in [2.75, 3.05) is 10.6 Å². The van der Waals surface area contributed by atoms with Crippen LogP contribution in [-0.2, 0) is 16.1 Å². The molecule has 3 rings (SSSR count). The summed E-state index contributed by atoms with van der Waals surface area (Å²) in [5.41, 5.74) is 3.10. The minimum atomic E-state index is -0.945. The molecule has 0 aliphatic carbocycles. The smallest absolute Gasteiger partial charge is 0.358 e.